The number of hydrogen-bond acceptors (Lipinski definition) is 5. The van der Waals surface area contributed by atoms with Crippen molar-refractivity contribution in [1.82, 2.24) is 9.97 Å². The number of pyridine rings is 1. The van der Waals surface area contributed by atoms with Gasteiger partial charge in [-0.15, -0.1) is 0 Å². The highest BCUT2D eigenvalue weighted by molar-refractivity contribution is 6.15. The lowest BCUT2D eigenvalue weighted by Gasteiger charge is -2.06. The Morgan fingerprint density at radius 2 is 1.67 bits per heavy atom. The van der Waals surface area contributed by atoms with Gasteiger partial charge in [-0.2, -0.15) is 5.26 Å². The van der Waals surface area contributed by atoms with Crippen LogP contribution in [0.3, 0.4) is 0 Å². The van der Waals surface area contributed by atoms with Crippen LogP contribution in [-0.2, 0) is 7.05 Å². The van der Waals surface area contributed by atoms with Gasteiger partial charge in [-0.1, -0.05) is 23.2 Å². The van der Waals surface area contributed by atoms with Crippen LogP contribution in [-0.4, -0.2) is 9.97 Å². The maximum atomic E-state index is 10.0. The molecule has 0 atom stereocenters. The summed E-state index contributed by atoms with van der Waals surface area (Å²) in [7, 11) is 1.97. The number of benzene rings is 3. The monoisotopic (exact) mass is 467 g/mol. The molecule has 0 N–H and O–H groups in total. The van der Waals surface area contributed by atoms with Crippen LogP contribution in [0.5, 0.6) is 0 Å². The van der Waals surface area contributed by atoms with Crippen LogP contribution in [0.2, 0.25) is 0 Å². The number of fused-ring (bicyclic) bond motifs is 6. The van der Waals surface area contributed by atoms with Crippen LogP contribution >= 0.6 is 0 Å². The molecule has 0 unspecified atom stereocenters. The Morgan fingerprint density at radius 1 is 0.833 bits per heavy atom. The molecule has 170 valence electrons. The quantitative estimate of drug-likeness (QED) is 0.267. The van der Waals surface area contributed by atoms with Crippen LogP contribution in [0, 0.1) is 18.3 Å². The van der Waals surface area contributed by atoms with Crippen molar-refractivity contribution in [2.75, 3.05) is 0 Å². The summed E-state index contributed by atoms with van der Waals surface area (Å²) in [6.45, 7) is 2.08. The first-order valence-electron chi connectivity index (χ1n) is 11.6. The molecule has 0 fully saturated rings. The summed E-state index contributed by atoms with van der Waals surface area (Å²) in [4.78, 5) is 8.57. The number of nitrogens with zero attached hydrogens (tertiary/aromatic N) is 4. The third-order valence-corrected chi connectivity index (χ3v) is 6.87. The molecule has 0 spiro atoms. The van der Waals surface area contributed by atoms with Gasteiger partial charge in [-0.05, 0) is 54.4 Å². The molecule has 36 heavy (non-hydrogen) atoms. The first kappa shape index (κ1) is 20.4. The van der Waals surface area contributed by atoms with E-state index in [1.807, 2.05) is 54.1 Å². The summed E-state index contributed by atoms with van der Waals surface area (Å²) in [5.41, 5.74) is 8.18. The Hall–Kier alpha value is -5.02. The molecular weight excluding hydrogens is 448 g/mol. The van der Waals surface area contributed by atoms with Gasteiger partial charge < -0.3 is 8.83 Å². The Labute approximate surface area is 205 Å². The van der Waals surface area contributed by atoms with E-state index in [9.17, 15) is 5.26 Å². The van der Waals surface area contributed by atoms with E-state index < -0.39 is 0 Å². The molecule has 0 aliphatic heterocycles. The van der Waals surface area contributed by atoms with Crippen molar-refractivity contribution in [3.63, 3.8) is 0 Å². The molecular formula is C30H19N4O2+. The second-order valence-corrected chi connectivity index (χ2v) is 8.96. The van der Waals surface area contributed by atoms with Crippen LogP contribution in [0.25, 0.3) is 66.4 Å². The first-order valence-corrected chi connectivity index (χ1v) is 11.6. The van der Waals surface area contributed by atoms with E-state index >= 15 is 0 Å². The van der Waals surface area contributed by atoms with Gasteiger partial charge in [0.2, 0.25) is 5.71 Å². The van der Waals surface area contributed by atoms with E-state index in [4.69, 9.17) is 8.83 Å². The molecule has 0 aliphatic rings. The Balaban J connectivity index is 1.58. The summed E-state index contributed by atoms with van der Waals surface area (Å²) in [5, 5.41) is 13.9. The molecule has 0 saturated carbocycles. The first-order chi connectivity index (χ1) is 17.6. The zero-order chi connectivity index (χ0) is 24.4. The average Bonchev–Trinajstić information content (AvgIpc) is 3.46. The van der Waals surface area contributed by atoms with E-state index in [0.717, 1.165) is 60.7 Å². The van der Waals surface area contributed by atoms with Gasteiger partial charge in [0.05, 0.1) is 24.2 Å². The molecule has 0 aliphatic carbocycles. The highest BCUT2D eigenvalue weighted by Crippen LogP contribution is 2.42. The zero-order valence-corrected chi connectivity index (χ0v) is 19.6. The van der Waals surface area contributed by atoms with Gasteiger partial charge in [0.25, 0.3) is 6.33 Å². The third kappa shape index (κ3) is 2.80. The minimum atomic E-state index is 0.555. The Bertz CT molecular complexity index is 2040. The fourth-order valence-electron chi connectivity index (χ4n) is 5.16. The molecule has 0 amide bonds. The number of furan rings is 2. The lowest BCUT2D eigenvalue weighted by Crippen LogP contribution is -2.31. The largest absolute Gasteiger partial charge is 0.455 e. The van der Waals surface area contributed by atoms with E-state index in [-0.39, 0.29) is 0 Å². The predicted molar refractivity (Wildman–Crippen MR) is 138 cm³/mol. The summed E-state index contributed by atoms with van der Waals surface area (Å²) in [5.74, 6) is 0. The number of hydrogen-bond donors (Lipinski definition) is 0. The van der Waals surface area contributed by atoms with Gasteiger partial charge >= 0.3 is 0 Å². The number of rotatable bonds is 2. The van der Waals surface area contributed by atoms with E-state index in [0.29, 0.717) is 16.9 Å². The number of aryl methyl sites for hydroxylation is 2. The molecule has 0 saturated heterocycles. The summed E-state index contributed by atoms with van der Waals surface area (Å²) < 4.78 is 14.6. The van der Waals surface area contributed by atoms with Crippen LogP contribution in [0.4, 0.5) is 0 Å². The van der Waals surface area contributed by atoms with Crippen LogP contribution < -0.4 is 4.57 Å². The van der Waals surface area contributed by atoms with Gasteiger partial charge in [0.1, 0.15) is 28.6 Å². The normalized spacial score (nSPS) is 11.6. The number of nitriles is 1. The molecule has 0 radical (unpaired) electrons. The summed E-state index contributed by atoms with van der Waals surface area (Å²) >= 11 is 0. The van der Waals surface area contributed by atoms with Crippen molar-refractivity contribution < 1.29 is 13.4 Å². The SMILES string of the molecule is Cc1ccc2c(oc3c(-c4ccc5oc6ncccc6c5c4)c(C#N)ccc32)c1-c1ccnc[n+]1C. The van der Waals surface area contributed by atoms with Crippen LogP contribution in [0.15, 0.2) is 88.2 Å². The smallest absolute Gasteiger partial charge is 0.286 e. The molecule has 7 aromatic rings. The van der Waals surface area contributed by atoms with Crippen LogP contribution in [0.1, 0.15) is 11.1 Å². The predicted octanol–water partition coefficient (Wildman–Crippen LogP) is 6.61. The lowest BCUT2D eigenvalue weighted by molar-refractivity contribution is -0.663. The van der Waals surface area contributed by atoms with Gasteiger partial charge in [-0.25, -0.2) is 9.55 Å². The molecule has 6 heteroatoms. The molecule has 6 nitrogen and oxygen atoms in total. The minimum Gasteiger partial charge on any atom is -0.455 e. The van der Waals surface area contributed by atoms with Gasteiger partial charge in [0, 0.05) is 39.4 Å². The minimum absolute atomic E-state index is 0.555. The third-order valence-electron chi connectivity index (χ3n) is 6.87. The second kappa shape index (κ2) is 7.49. The van der Waals surface area contributed by atoms with E-state index in [2.05, 4.69) is 41.2 Å². The highest BCUT2D eigenvalue weighted by atomic mass is 16.3. The molecule has 7 rings (SSSR count). The Kier molecular flexibility index (Phi) is 4.24. The molecule has 4 aromatic heterocycles. The average molecular weight is 468 g/mol. The van der Waals surface area contributed by atoms with Gasteiger partial charge in [-0.3, -0.25) is 0 Å². The molecule has 4 heterocycles. The van der Waals surface area contributed by atoms with Crippen molar-refractivity contribution in [1.29, 1.82) is 5.26 Å². The molecule has 3 aromatic carbocycles. The van der Waals surface area contributed by atoms with E-state index in [1.54, 1.807) is 18.7 Å². The van der Waals surface area contributed by atoms with E-state index in [1.165, 1.54) is 0 Å². The van der Waals surface area contributed by atoms with Crippen molar-refractivity contribution in [3.8, 4) is 28.5 Å². The van der Waals surface area contributed by atoms with Crippen molar-refractivity contribution in [2.24, 2.45) is 7.05 Å². The van der Waals surface area contributed by atoms with Gasteiger partial charge in [0.15, 0.2) is 0 Å². The topological polar surface area (TPSA) is 79.7 Å². The van der Waals surface area contributed by atoms with Crippen molar-refractivity contribution >= 4 is 44.0 Å². The standard InChI is InChI=1S/C30H19N4O2/c1-17-5-8-20-21-9-6-19(15-31)27(29(21)36-28(20)26(17)24-11-13-32-16-34(24)2)18-7-10-25-23(14-18)22-4-3-12-33-30(22)35-25/h3-14,16H,1-2H3/q+1. The highest BCUT2D eigenvalue weighted by Gasteiger charge is 2.22. The fourth-order valence-corrected chi connectivity index (χ4v) is 5.16. The number of aromatic nitrogens is 3. The van der Waals surface area contributed by atoms with Crippen molar-refractivity contribution in [3.05, 3.63) is 90.5 Å². The maximum Gasteiger partial charge on any atom is 0.286 e. The fraction of sp³-hybridized carbons (Fsp3) is 0.0667. The lowest BCUT2D eigenvalue weighted by atomic mass is 9.95. The zero-order valence-electron chi connectivity index (χ0n) is 19.6. The van der Waals surface area contributed by atoms with Crippen molar-refractivity contribution in [2.45, 2.75) is 6.92 Å². The second-order valence-electron chi connectivity index (χ2n) is 8.96. The summed E-state index contributed by atoms with van der Waals surface area (Å²) in [6, 6.07) is 22.3. The Morgan fingerprint density at radius 3 is 2.50 bits per heavy atom. The molecule has 0 bridgehead atoms. The maximum absolute atomic E-state index is 10.0. The summed E-state index contributed by atoms with van der Waals surface area (Å²) in [6.07, 6.45) is 5.29.